The number of rotatable bonds is 6. The van der Waals surface area contributed by atoms with E-state index in [-0.39, 0.29) is 23.5 Å². The zero-order valence-corrected chi connectivity index (χ0v) is 15.8. The van der Waals surface area contributed by atoms with Gasteiger partial charge in [0.25, 0.3) is 5.91 Å². The Morgan fingerprint density at radius 1 is 1.18 bits per heavy atom. The molecule has 3 aromatic rings. The van der Waals surface area contributed by atoms with Gasteiger partial charge in [0.1, 0.15) is 0 Å². The van der Waals surface area contributed by atoms with Crippen LogP contribution in [-0.2, 0) is 14.8 Å². The van der Waals surface area contributed by atoms with E-state index in [4.69, 9.17) is 4.74 Å². The van der Waals surface area contributed by atoms with Gasteiger partial charge in [-0.25, -0.2) is 18.1 Å². The third-order valence-corrected chi connectivity index (χ3v) is 6.01. The van der Waals surface area contributed by atoms with Gasteiger partial charge in [0, 0.05) is 18.7 Å². The van der Waals surface area contributed by atoms with Crippen molar-refractivity contribution in [2.45, 2.75) is 23.8 Å². The Morgan fingerprint density at radius 2 is 1.96 bits per heavy atom. The number of ether oxygens (including phenoxy) is 1. The summed E-state index contributed by atoms with van der Waals surface area (Å²) in [6, 6.07) is 13.2. The van der Waals surface area contributed by atoms with Crippen LogP contribution in [0.2, 0.25) is 0 Å². The average molecular weight is 400 g/mol. The lowest BCUT2D eigenvalue weighted by Gasteiger charge is -2.11. The third kappa shape index (κ3) is 4.06. The van der Waals surface area contributed by atoms with Crippen LogP contribution < -0.4 is 10.0 Å². The number of nitrogens with zero attached hydrogens (tertiary/aromatic N) is 1. The summed E-state index contributed by atoms with van der Waals surface area (Å²) >= 11 is 0. The zero-order chi connectivity index (χ0) is 19.6. The summed E-state index contributed by atoms with van der Waals surface area (Å²) in [6.07, 6.45) is 1.72. The summed E-state index contributed by atoms with van der Waals surface area (Å²) in [5.74, 6) is -0.0450. The molecule has 0 unspecified atom stereocenters. The predicted molar refractivity (Wildman–Crippen MR) is 105 cm³/mol. The van der Waals surface area contributed by atoms with E-state index < -0.39 is 10.0 Å². The molecule has 146 valence electrons. The Balaban J connectivity index is 1.42. The maximum Gasteiger partial charge on any atom is 0.257 e. The fourth-order valence-corrected chi connectivity index (χ4v) is 4.13. The molecule has 0 saturated carbocycles. The molecule has 0 radical (unpaired) electrons. The molecule has 8 nitrogen and oxygen atoms in total. The number of imidazole rings is 1. The lowest BCUT2D eigenvalue weighted by atomic mass is 10.2. The van der Waals surface area contributed by atoms with Gasteiger partial charge in [-0.2, -0.15) is 0 Å². The molecule has 1 aromatic heterocycles. The smallest absolute Gasteiger partial charge is 0.257 e. The van der Waals surface area contributed by atoms with Crippen LogP contribution in [0.1, 0.15) is 23.2 Å². The van der Waals surface area contributed by atoms with Crippen LogP contribution in [0.3, 0.4) is 0 Å². The van der Waals surface area contributed by atoms with Crippen LogP contribution in [0, 0.1) is 0 Å². The molecule has 2 heterocycles. The van der Waals surface area contributed by atoms with E-state index in [1.165, 1.54) is 24.3 Å². The van der Waals surface area contributed by atoms with Crippen molar-refractivity contribution in [2.75, 3.05) is 18.5 Å². The summed E-state index contributed by atoms with van der Waals surface area (Å²) in [5.41, 5.74) is 1.90. The number of H-pyrrole nitrogens is 1. The normalized spacial score (nSPS) is 17.1. The number of anilines is 1. The van der Waals surface area contributed by atoms with Crippen molar-refractivity contribution in [3.05, 3.63) is 54.1 Å². The highest BCUT2D eigenvalue weighted by atomic mass is 32.2. The molecule has 1 aliphatic rings. The Bertz CT molecular complexity index is 1050. The lowest BCUT2D eigenvalue weighted by Crippen LogP contribution is -2.31. The van der Waals surface area contributed by atoms with Gasteiger partial charge in [-0.1, -0.05) is 12.1 Å². The predicted octanol–water partition coefficient (Wildman–Crippen LogP) is 2.27. The average Bonchev–Trinajstić information content (AvgIpc) is 3.35. The van der Waals surface area contributed by atoms with Gasteiger partial charge in [0.05, 0.1) is 22.0 Å². The monoisotopic (exact) mass is 400 g/mol. The number of nitrogens with one attached hydrogen (secondary N) is 3. The van der Waals surface area contributed by atoms with Crippen molar-refractivity contribution in [1.29, 1.82) is 0 Å². The molecule has 0 bridgehead atoms. The second kappa shape index (κ2) is 7.70. The molecule has 2 aromatic carbocycles. The first-order valence-corrected chi connectivity index (χ1v) is 10.5. The SMILES string of the molecule is O=C(Nc1nc2ccccc2[nH]1)c1ccc(S(=O)(=O)NC[C@@H]2CCCO2)cc1. The van der Waals surface area contributed by atoms with Crippen LogP contribution in [-0.4, -0.2) is 43.5 Å². The number of sulfonamides is 1. The molecule has 1 fully saturated rings. The molecule has 3 N–H and O–H groups in total. The van der Waals surface area contributed by atoms with E-state index in [0.717, 1.165) is 23.9 Å². The van der Waals surface area contributed by atoms with Crippen molar-refractivity contribution in [3.8, 4) is 0 Å². The summed E-state index contributed by atoms with van der Waals surface area (Å²) in [5, 5.41) is 2.68. The number of amides is 1. The van der Waals surface area contributed by atoms with E-state index in [0.29, 0.717) is 18.1 Å². The topological polar surface area (TPSA) is 113 Å². The maximum atomic E-state index is 12.4. The minimum atomic E-state index is -3.65. The van der Waals surface area contributed by atoms with E-state index in [9.17, 15) is 13.2 Å². The highest BCUT2D eigenvalue weighted by Gasteiger charge is 2.20. The number of para-hydroxylation sites is 2. The second-order valence-electron chi connectivity index (χ2n) is 6.57. The van der Waals surface area contributed by atoms with Gasteiger partial charge in [0.2, 0.25) is 16.0 Å². The molecule has 28 heavy (non-hydrogen) atoms. The van der Waals surface area contributed by atoms with Crippen molar-refractivity contribution in [3.63, 3.8) is 0 Å². The van der Waals surface area contributed by atoms with Crippen LogP contribution >= 0.6 is 0 Å². The van der Waals surface area contributed by atoms with E-state index in [1.807, 2.05) is 24.3 Å². The van der Waals surface area contributed by atoms with E-state index in [2.05, 4.69) is 20.0 Å². The second-order valence-corrected chi connectivity index (χ2v) is 8.33. The Hall–Kier alpha value is -2.75. The van der Waals surface area contributed by atoms with Crippen molar-refractivity contribution >= 4 is 32.9 Å². The minimum absolute atomic E-state index is 0.0800. The molecule has 1 atom stereocenters. The first-order valence-electron chi connectivity index (χ1n) is 8.99. The Kier molecular flexibility index (Phi) is 5.12. The largest absolute Gasteiger partial charge is 0.377 e. The number of aromatic nitrogens is 2. The number of carbonyl (C=O) groups is 1. The van der Waals surface area contributed by atoms with Crippen molar-refractivity contribution in [1.82, 2.24) is 14.7 Å². The Morgan fingerprint density at radius 3 is 2.68 bits per heavy atom. The molecule has 1 saturated heterocycles. The number of benzene rings is 2. The summed E-state index contributed by atoms with van der Waals surface area (Å²) < 4.78 is 32.7. The summed E-state index contributed by atoms with van der Waals surface area (Å²) in [6.45, 7) is 0.915. The van der Waals surface area contributed by atoms with Crippen molar-refractivity contribution in [2.24, 2.45) is 0 Å². The van der Waals surface area contributed by atoms with Crippen LogP contribution in [0.5, 0.6) is 0 Å². The van der Waals surface area contributed by atoms with Crippen LogP contribution in [0.15, 0.2) is 53.4 Å². The molecule has 9 heteroatoms. The van der Waals surface area contributed by atoms with Gasteiger partial charge in [-0.3, -0.25) is 10.1 Å². The molecule has 4 rings (SSSR count). The molecule has 0 spiro atoms. The van der Waals surface area contributed by atoms with Gasteiger partial charge < -0.3 is 9.72 Å². The highest BCUT2D eigenvalue weighted by Crippen LogP contribution is 2.16. The minimum Gasteiger partial charge on any atom is -0.377 e. The van der Waals surface area contributed by atoms with Crippen molar-refractivity contribution < 1.29 is 17.9 Å². The number of aromatic amines is 1. The summed E-state index contributed by atoms with van der Waals surface area (Å²) in [7, 11) is -3.65. The highest BCUT2D eigenvalue weighted by molar-refractivity contribution is 7.89. The quantitative estimate of drug-likeness (QED) is 0.587. The molecular weight excluding hydrogens is 380 g/mol. The number of hydrogen-bond donors (Lipinski definition) is 3. The van der Waals surface area contributed by atoms with Gasteiger partial charge in [0.15, 0.2) is 0 Å². The molecular formula is C19H20N4O4S. The van der Waals surface area contributed by atoms with Gasteiger partial charge in [-0.05, 0) is 49.2 Å². The molecule has 0 aliphatic carbocycles. The van der Waals surface area contributed by atoms with Crippen LogP contribution in [0.25, 0.3) is 11.0 Å². The van der Waals surface area contributed by atoms with Crippen LogP contribution in [0.4, 0.5) is 5.95 Å². The summed E-state index contributed by atoms with van der Waals surface area (Å²) in [4.78, 5) is 19.8. The number of fused-ring (bicyclic) bond motifs is 1. The maximum absolute atomic E-state index is 12.4. The fourth-order valence-electron chi connectivity index (χ4n) is 3.07. The fraction of sp³-hybridized carbons (Fsp3) is 0.263. The molecule has 1 amide bonds. The Labute approximate surface area is 162 Å². The number of carbonyl (C=O) groups excluding carboxylic acids is 1. The lowest BCUT2D eigenvalue weighted by molar-refractivity contribution is 0.102. The first kappa shape index (κ1) is 18.6. The third-order valence-electron chi connectivity index (χ3n) is 4.57. The van der Waals surface area contributed by atoms with Gasteiger partial charge >= 0.3 is 0 Å². The number of hydrogen-bond acceptors (Lipinski definition) is 5. The van der Waals surface area contributed by atoms with Gasteiger partial charge in [-0.15, -0.1) is 0 Å². The van der Waals surface area contributed by atoms with E-state index >= 15 is 0 Å². The van der Waals surface area contributed by atoms with E-state index in [1.54, 1.807) is 0 Å². The zero-order valence-electron chi connectivity index (χ0n) is 15.0. The first-order chi connectivity index (χ1) is 13.5. The molecule has 1 aliphatic heterocycles. The standard InChI is InChI=1S/C19H20N4O4S/c24-18(23-19-21-16-5-1-2-6-17(16)22-19)13-7-9-15(10-8-13)28(25,26)20-12-14-4-3-11-27-14/h1-2,5-10,14,20H,3-4,11-12H2,(H2,21,22,23,24)/t14-/m0/s1.